The van der Waals surface area contributed by atoms with Gasteiger partial charge in [-0.1, -0.05) is 69.2 Å². The van der Waals surface area contributed by atoms with E-state index in [0.717, 1.165) is 15.6 Å². The molecule has 1 aliphatic heterocycles. The number of carbonyl (C=O) groups is 1. The van der Waals surface area contributed by atoms with E-state index in [9.17, 15) is 9.59 Å². The van der Waals surface area contributed by atoms with Gasteiger partial charge in [-0.2, -0.15) is 0 Å². The zero-order valence-electron chi connectivity index (χ0n) is 23.4. The normalized spacial score (nSPS) is 14.9. The van der Waals surface area contributed by atoms with Crippen LogP contribution in [-0.4, -0.2) is 23.8 Å². The lowest BCUT2D eigenvalue weighted by Crippen LogP contribution is -2.40. The zero-order valence-corrected chi connectivity index (χ0v) is 26.5. The summed E-state index contributed by atoms with van der Waals surface area (Å²) in [4.78, 5) is 32.7. The number of ether oxygens (including phenoxy) is 3. The van der Waals surface area contributed by atoms with Crippen molar-refractivity contribution >= 4 is 50.9 Å². The molecule has 0 saturated carbocycles. The topological polar surface area (TPSA) is 79.1 Å². The van der Waals surface area contributed by atoms with Crippen LogP contribution in [0.3, 0.4) is 0 Å². The van der Waals surface area contributed by atoms with Crippen LogP contribution in [-0.2, 0) is 16.1 Å². The third kappa shape index (κ3) is 6.23. The summed E-state index contributed by atoms with van der Waals surface area (Å²) in [6.45, 7) is 5.63. The highest BCUT2D eigenvalue weighted by Crippen LogP contribution is 2.37. The monoisotopic (exact) mass is 666 g/mol. The fourth-order valence-electron chi connectivity index (χ4n) is 4.73. The summed E-state index contributed by atoms with van der Waals surface area (Å²) in [6.07, 6.45) is 1.44. The molecule has 2 heterocycles. The lowest BCUT2D eigenvalue weighted by Gasteiger charge is -2.26. The van der Waals surface area contributed by atoms with Crippen molar-refractivity contribution < 1.29 is 19.0 Å². The summed E-state index contributed by atoms with van der Waals surface area (Å²) in [5.41, 5.74) is 2.76. The van der Waals surface area contributed by atoms with Crippen molar-refractivity contribution in [1.29, 1.82) is 0 Å². The van der Waals surface area contributed by atoms with Crippen LogP contribution in [0.4, 0.5) is 0 Å². The average Bonchev–Trinajstić information content (AvgIpc) is 3.25. The quantitative estimate of drug-likeness (QED) is 0.210. The van der Waals surface area contributed by atoms with E-state index in [-0.39, 0.29) is 17.2 Å². The fraction of sp³-hybridized carbons (Fsp3) is 0.219. The SMILES string of the molecule is COc1ccc(Br)cc1[C@@H]1C(C(=O)OC(C)C)=C(C)N=c2s/c(=C\c3ccccc3OCc3cccc(Cl)c3)c(=O)n21. The Morgan fingerprint density at radius 2 is 1.90 bits per heavy atom. The summed E-state index contributed by atoms with van der Waals surface area (Å²) in [6, 6.07) is 19.6. The number of aromatic nitrogens is 1. The van der Waals surface area contributed by atoms with Crippen molar-refractivity contribution in [1.82, 2.24) is 4.57 Å². The molecule has 4 aromatic rings. The van der Waals surface area contributed by atoms with E-state index in [1.165, 1.54) is 11.3 Å². The molecule has 216 valence electrons. The summed E-state index contributed by atoms with van der Waals surface area (Å²) in [7, 11) is 1.56. The molecule has 0 spiro atoms. The van der Waals surface area contributed by atoms with E-state index < -0.39 is 12.0 Å². The third-order valence-corrected chi connectivity index (χ3v) is 8.27. The summed E-state index contributed by atoms with van der Waals surface area (Å²) in [5.74, 6) is 0.611. The smallest absolute Gasteiger partial charge is 0.338 e. The number of para-hydroxylation sites is 1. The van der Waals surface area contributed by atoms with Crippen LogP contribution >= 0.6 is 38.9 Å². The molecular weight excluding hydrogens is 640 g/mol. The molecule has 0 N–H and O–H groups in total. The number of hydrogen-bond donors (Lipinski definition) is 0. The second kappa shape index (κ2) is 12.7. The highest BCUT2D eigenvalue weighted by atomic mass is 79.9. The van der Waals surface area contributed by atoms with E-state index >= 15 is 0 Å². The van der Waals surface area contributed by atoms with Crippen LogP contribution in [0.25, 0.3) is 6.08 Å². The first kappa shape index (κ1) is 29.8. The van der Waals surface area contributed by atoms with Crippen molar-refractivity contribution in [2.45, 2.75) is 39.5 Å². The molecule has 3 aromatic carbocycles. The summed E-state index contributed by atoms with van der Waals surface area (Å²) < 4.78 is 20.2. The maximum Gasteiger partial charge on any atom is 0.338 e. The largest absolute Gasteiger partial charge is 0.496 e. The van der Waals surface area contributed by atoms with E-state index in [0.29, 0.717) is 43.7 Å². The summed E-state index contributed by atoms with van der Waals surface area (Å²) in [5, 5.41) is 0.633. The Balaban J connectivity index is 1.64. The maximum atomic E-state index is 14.1. The van der Waals surface area contributed by atoms with E-state index in [4.69, 9.17) is 25.8 Å². The molecule has 1 atom stereocenters. The Labute approximate surface area is 260 Å². The van der Waals surface area contributed by atoms with Crippen LogP contribution in [0, 0.1) is 0 Å². The van der Waals surface area contributed by atoms with E-state index in [2.05, 4.69) is 20.9 Å². The van der Waals surface area contributed by atoms with Crippen molar-refractivity contribution in [3.63, 3.8) is 0 Å². The molecule has 0 amide bonds. The predicted octanol–water partition coefficient (Wildman–Crippen LogP) is 6.19. The molecule has 0 saturated heterocycles. The number of allylic oxidation sites excluding steroid dienone is 1. The minimum Gasteiger partial charge on any atom is -0.496 e. The standard InChI is InChI=1S/C32H28BrClN2O5S/c1-18(2)41-31(38)28-19(3)35-32-36(29(28)24-16-22(33)12-13-26(24)39-4)30(37)27(42-32)15-21-9-5-6-11-25(21)40-17-20-8-7-10-23(34)14-20/h5-16,18,29H,17H2,1-4H3/b27-15-/t29-/m1/s1. The van der Waals surface area contributed by atoms with Crippen molar-refractivity contribution in [3.05, 3.63) is 124 Å². The van der Waals surface area contributed by atoms with Gasteiger partial charge in [0, 0.05) is 20.6 Å². The number of nitrogens with zero attached hydrogens (tertiary/aromatic N) is 2. The van der Waals surface area contributed by atoms with E-state index in [1.54, 1.807) is 44.6 Å². The van der Waals surface area contributed by atoms with Gasteiger partial charge in [0.25, 0.3) is 5.56 Å². The van der Waals surface area contributed by atoms with Gasteiger partial charge in [0.15, 0.2) is 4.80 Å². The van der Waals surface area contributed by atoms with Gasteiger partial charge in [0.05, 0.1) is 29.0 Å². The van der Waals surface area contributed by atoms with Crippen LogP contribution < -0.4 is 24.4 Å². The fourth-order valence-corrected chi connectivity index (χ4v) is 6.36. The van der Waals surface area contributed by atoms with Gasteiger partial charge in [-0.15, -0.1) is 0 Å². The maximum absolute atomic E-state index is 14.1. The van der Waals surface area contributed by atoms with Crippen LogP contribution in [0.5, 0.6) is 11.5 Å². The number of benzene rings is 3. The van der Waals surface area contributed by atoms with Crippen LogP contribution in [0.2, 0.25) is 5.02 Å². The first-order valence-corrected chi connectivity index (χ1v) is 15.2. The molecule has 0 aliphatic carbocycles. The molecule has 0 bridgehead atoms. The Kier molecular flexibility index (Phi) is 9.01. The van der Waals surface area contributed by atoms with Gasteiger partial charge in [-0.05, 0) is 68.8 Å². The van der Waals surface area contributed by atoms with Crippen molar-refractivity contribution in [2.24, 2.45) is 4.99 Å². The number of thiazole rings is 1. The Hall–Kier alpha value is -3.66. The molecule has 10 heteroatoms. The molecule has 0 radical (unpaired) electrons. The van der Waals surface area contributed by atoms with Gasteiger partial charge >= 0.3 is 5.97 Å². The number of fused-ring (bicyclic) bond motifs is 1. The zero-order chi connectivity index (χ0) is 30.0. The molecule has 1 aromatic heterocycles. The second-order valence-corrected chi connectivity index (χ2v) is 12.2. The van der Waals surface area contributed by atoms with Gasteiger partial charge in [-0.25, -0.2) is 9.79 Å². The molecule has 42 heavy (non-hydrogen) atoms. The van der Waals surface area contributed by atoms with Crippen molar-refractivity contribution in [2.75, 3.05) is 7.11 Å². The second-order valence-electron chi connectivity index (χ2n) is 9.88. The molecular formula is C32H28BrClN2O5S. The Morgan fingerprint density at radius 1 is 1.12 bits per heavy atom. The molecule has 5 rings (SSSR count). The van der Waals surface area contributed by atoms with Gasteiger partial charge in [-0.3, -0.25) is 9.36 Å². The highest BCUT2D eigenvalue weighted by molar-refractivity contribution is 9.10. The first-order chi connectivity index (χ1) is 20.2. The van der Waals surface area contributed by atoms with Gasteiger partial charge in [0.1, 0.15) is 24.1 Å². The first-order valence-electron chi connectivity index (χ1n) is 13.2. The van der Waals surface area contributed by atoms with Crippen molar-refractivity contribution in [3.8, 4) is 11.5 Å². The molecule has 0 fully saturated rings. The predicted molar refractivity (Wildman–Crippen MR) is 168 cm³/mol. The summed E-state index contributed by atoms with van der Waals surface area (Å²) >= 11 is 10.9. The van der Waals surface area contributed by atoms with Gasteiger partial charge in [0.2, 0.25) is 0 Å². The molecule has 0 unspecified atom stereocenters. The van der Waals surface area contributed by atoms with E-state index in [1.807, 2.05) is 60.7 Å². The Bertz CT molecular complexity index is 1880. The number of methoxy groups -OCH3 is 1. The lowest BCUT2D eigenvalue weighted by molar-refractivity contribution is -0.143. The number of rotatable bonds is 8. The van der Waals surface area contributed by atoms with Gasteiger partial charge < -0.3 is 14.2 Å². The lowest BCUT2D eigenvalue weighted by atomic mass is 9.95. The minimum absolute atomic E-state index is 0.282. The van der Waals surface area contributed by atoms with Crippen LogP contribution in [0.15, 0.2) is 92.3 Å². The third-order valence-electron chi connectivity index (χ3n) is 6.56. The number of esters is 1. The number of halogens is 2. The number of hydrogen-bond acceptors (Lipinski definition) is 7. The number of carbonyl (C=O) groups excluding carboxylic acids is 1. The molecule has 1 aliphatic rings. The molecule has 7 nitrogen and oxygen atoms in total. The minimum atomic E-state index is -0.809. The average molecular weight is 668 g/mol. The van der Waals surface area contributed by atoms with Crippen LogP contribution in [0.1, 0.15) is 43.5 Å². The Morgan fingerprint density at radius 3 is 2.64 bits per heavy atom. The highest BCUT2D eigenvalue weighted by Gasteiger charge is 2.35.